The second-order valence-electron chi connectivity index (χ2n) is 7.10. The summed E-state index contributed by atoms with van der Waals surface area (Å²) in [6.45, 7) is 4.18. The third kappa shape index (κ3) is 10.1. The van der Waals surface area contributed by atoms with E-state index in [0.29, 0.717) is 0 Å². The molecule has 2 aliphatic rings. The van der Waals surface area contributed by atoms with Crippen molar-refractivity contribution in [2.45, 2.75) is 63.0 Å². The van der Waals surface area contributed by atoms with Crippen LogP contribution < -0.4 is 0 Å². The first-order valence-electron chi connectivity index (χ1n) is 9.98. The van der Waals surface area contributed by atoms with Crippen LogP contribution >= 0.6 is 67.6 Å². The summed E-state index contributed by atoms with van der Waals surface area (Å²) >= 11 is 11.2. The third-order valence-electron chi connectivity index (χ3n) is 4.77. The zero-order chi connectivity index (χ0) is 20.2. The van der Waals surface area contributed by atoms with Crippen molar-refractivity contribution in [1.82, 2.24) is 9.80 Å². The molecule has 0 spiro atoms. The summed E-state index contributed by atoms with van der Waals surface area (Å²) in [6, 6.07) is 0. The highest BCUT2D eigenvalue weighted by Gasteiger charge is 2.20. The summed E-state index contributed by atoms with van der Waals surface area (Å²) in [7, 11) is 6.50. The zero-order valence-corrected chi connectivity index (χ0v) is 21.1. The molecule has 1 N–H and O–H groups in total. The van der Waals surface area contributed by atoms with Crippen LogP contribution in [0.5, 0.6) is 0 Å². The van der Waals surface area contributed by atoms with Gasteiger partial charge in [-0.05, 0) is 47.3 Å². The smallest absolute Gasteiger partial charge is 0.304 e. The predicted octanol–water partition coefficient (Wildman–Crippen LogP) is 5.91. The number of hydrogen-bond donors (Lipinski definition) is 1. The molecule has 0 aromatic heterocycles. The number of likely N-dealkylation sites (tertiary alicyclic amines) is 2. The number of nitrogens with zero attached hydrogens (tertiary/aromatic N) is 2. The number of rotatable bonds is 7. The van der Waals surface area contributed by atoms with E-state index >= 15 is 0 Å². The van der Waals surface area contributed by atoms with Gasteiger partial charge in [-0.25, -0.2) is 0 Å². The van der Waals surface area contributed by atoms with Gasteiger partial charge in [0.2, 0.25) is 0 Å². The lowest BCUT2D eigenvalue weighted by Gasteiger charge is -2.24. The van der Waals surface area contributed by atoms with Gasteiger partial charge < -0.3 is 14.9 Å². The maximum atomic E-state index is 11.3. The average molecular weight is 499 g/mol. The first-order valence-corrected chi connectivity index (χ1v) is 15.3. The monoisotopic (exact) mass is 498 g/mol. The molecule has 0 aromatic carbocycles. The van der Waals surface area contributed by atoms with Gasteiger partial charge in [-0.3, -0.25) is 4.79 Å². The summed E-state index contributed by atoms with van der Waals surface area (Å²) in [5.41, 5.74) is 0. The Hall–Kier alpha value is 0.650. The van der Waals surface area contributed by atoms with Gasteiger partial charge in [-0.15, -0.1) is 0 Å². The van der Waals surface area contributed by atoms with Gasteiger partial charge in [-0.2, -0.15) is 0 Å². The third-order valence-corrected chi connectivity index (χ3v) is 11.6. The van der Waals surface area contributed by atoms with Crippen molar-refractivity contribution in [3.8, 4) is 0 Å². The van der Waals surface area contributed by atoms with Crippen LogP contribution in [-0.2, 0) is 4.79 Å². The molecule has 2 aliphatic heterocycles. The summed E-state index contributed by atoms with van der Waals surface area (Å²) in [5.74, 6) is 0.00471. The molecule has 160 valence electrons. The second kappa shape index (κ2) is 14.6. The Bertz CT molecular complexity index is 506. The Kier molecular flexibility index (Phi) is 13.0. The number of carboxylic acids is 1. The lowest BCUT2D eigenvalue weighted by atomic mass is 10.2. The molecular formula is C18H30N2O2S6. The average Bonchev–Trinajstić information content (AvgIpc) is 3.10. The molecule has 1 atom stereocenters. The van der Waals surface area contributed by atoms with Gasteiger partial charge in [-0.1, -0.05) is 71.7 Å². The molecule has 2 rings (SSSR count). The molecule has 28 heavy (non-hydrogen) atoms. The second-order valence-corrected chi connectivity index (χ2v) is 13.2. The molecule has 0 radical (unpaired) electrons. The lowest BCUT2D eigenvalue weighted by Crippen LogP contribution is -2.28. The largest absolute Gasteiger partial charge is 0.481 e. The number of thiocarbonyl (C=S) groups is 2. The SMILES string of the molecule is O=C(O)CC(CSSC(=S)N1CCCCCC1)SSC(=S)N1CCCCCC1. The first-order chi connectivity index (χ1) is 13.6. The van der Waals surface area contributed by atoms with Gasteiger partial charge in [0.05, 0.1) is 6.42 Å². The minimum atomic E-state index is -0.750. The number of carbonyl (C=O) groups is 1. The maximum Gasteiger partial charge on any atom is 0.304 e. The van der Waals surface area contributed by atoms with Gasteiger partial charge in [0, 0.05) is 37.2 Å². The van der Waals surface area contributed by atoms with Crippen LogP contribution in [0.3, 0.4) is 0 Å². The van der Waals surface area contributed by atoms with Gasteiger partial charge in [0.25, 0.3) is 0 Å². The Morgan fingerprint density at radius 3 is 1.75 bits per heavy atom. The van der Waals surface area contributed by atoms with Crippen molar-refractivity contribution in [2.24, 2.45) is 0 Å². The Balaban J connectivity index is 1.73. The topological polar surface area (TPSA) is 43.8 Å². The van der Waals surface area contributed by atoms with Crippen molar-refractivity contribution < 1.29 is 9.90 Å². The van der Waals surface area contributed by atoms with E-state index in [2.05, 4.69) is 9.80 Å². The maximum absolute atomic E-state index is 11.3. The fourth-order valence-electron chi connectivity index (χ4n) is 3.20. The highest BCUT2D eigenvalue weighted by Crippen LogP contribution is 2.37. The predicted molar refractivity (Wildman–Crippen MR) is 137 cm³/mol. The fourth-order valence-corrected chi connectivity index (χ4v) is 9.47. The van der Waals surface area contributed by atoms with Crippen LogP contribution in [0.4, 0.5) is 0 Å². The van der Waals surface area contributed by atoms with E-state index in [9.17, 15) is 9.90 Å². The summed E-state index contributed by atoms with van der Waals surface area (Å²) < 4.78 is 1.85. The van der Waals surface area contributed by atoms with E-state index in [1.54, 1.807) is 43.2 Å². The number of aliphatic carboxylic acids is 1. The molecule has 0 saturated carbocycles. The van der Waals surface area contributed by atoms with Crippen LogP contribution in [0.15, 0.2) is 0 Å². The summed E-state index contributed by atoms with van der Waals surface area (Å²) in [4.78, 5) is 15.9. The molecule has 0 amide bonds. The van der Waals surface area contributed by atoms with Crippen LogP contribution in [0, 0.1) is 0 Å². The van der Waals surface area contributed by atoms with Crippen LogP contribution in [-0.4, -0.2) is 66.7 Å². The normalized spacial score (nSPS) is 19.6. The molecule has 1 unspecified atom stereocenters. The Morgan fingerprint density at radius 1 is 0.821 bits per heavy atom. The Labute approximate surface area is 195 Å². The van der Waals surface area contributed by atoms with Crippen LogP contribution in [0.25, 0.3) is 0 Å². The van der Waals surface area contributed by atoms with Crippen molar-refractivity contribution in [3.05, 3.63) is 0 Å². The quantitative estimate of drug-likeness (QED) is 0.338. The molecule has 10 heteroatoms. The molecule has 0 bridgehead atoms. The van der Waals surface area contributed by atoms with E-state index in [1.807, 2.05) is 0 Å². The lowest BCUT2D eigenvalue weighted by molar-refractivity contribution is -0.136. The zero-order valence-electron chi connectivity index (χ0n) is 16.2. The van der Waals surface area contributed by atoms with Crippen molar-refractivity contribution in [1.29, 1.82) is 0 Å². The minimum Gasteiger partial charge on any atom is -0.481 e. The standard InChI is InChI=1S/C18H30N2O2S6/c21-16(22)13-15(26-28-18(24)20-11-7-3-4-8-12-20)14-25-27-17(23)19-9-5-1-2-6-10-19/h15H,1-14H2,(H,21,22). The van der Waals surface area contributed by atoms with Crippen molar-refractivity contribution >= 4 is 82.2 Å². The molecule has 0 aliphatic carbocycles. The minimum absolute atomic E-state index is 0.0249. The van der Waals surface area contributed by atoms with Crippen molar-refractivity contribution in [2.75, 3.05) is 31.9 Å². The van der Waals surface area contributed by atoms with Crippen LogP contribution in [0.1, 0.15) is 57.8 Å². The number of carboxylic acid groups (broad SMARTS) is 1. The van der Waals surface area contributed by atoms with Gasteiger partial charge >= 0.3 is 5.97 Å². The summed E-state index contributed by atoms with van der Waals surface area (Å²) in [6.07, 6.45) is 10.1. The van der Waals surface area contributed by atoms with Gasteiger partial charge in [0.15, 0.2) is 0 Å². The van der Waals surface area contributed by atoms with E-state index in [0.717, 1.165) is 40.6 Å². The molecular weight excluding hydrogens is 469 g/mol. The van der Waals surface area contributed by atoms with E-state index in [4.69, 9.17) is 24.4 Å². The fraction of sp³-hybridized carbons (Fsp3) is 0.833. The molecule has 2 fully saturated rings. The molecule has 4 nitrogen and oxygen atoms in total. The van der Waals surface area contributed by atoms with Gasteiger partial charge in [0.1, 0.15) is 8.64 Å². The first kappa shape index (κ1) is 24.9. The molecule has 0 aromatic rings. The Morgan fingerprint density at radius 2 is 1.29 bits per heavy atom. The highest BCUT2D eigenvalue weighted by molar-refractivity contribution is 8.85. The highest BCUT2D eigenvalue weighted by atomic mass is 33.1. The van der Waals surface area contributed by atoms with Crippen LogP contribution in [0.2, 0.25) is 0 Å². The van der Waals surface area contributed by atoms with Crippen molar-refractivity contribution in [3.63, 3.8) is 0 Å². The van der Waals surface area contributed by atoms with E-state index < -0.39 is 5.97 Å². The summed E-state index contributed by atoms with van der Waals surface area (Å²) in [5, 5.41) is 9.29. The van der Waals surface area contributed by atoms with E-state index in [-0.39, 0.29) is 11.7 Å². The number of hydrogen-bond acceptors (Lipinski definition) is 7. The van der Waals surface area contributed by atoms with E-state index in [1.165, 1.54) is 51.4 Å². The molecule has 2 saturated heterocycles. The molecule has 2 heterocycles.